The second-order valence-electron chi connectivity index (χ2n) is 3.54. The number of nitrogens with two attached hydrogens (primary N) is 1. The molecule has 0 aliphatic heterocycles. The van der Waals surface area contributed by atoms with E-state index in [4.69, 9.17) is 10.2 Å². The van der Waals surface area contributed by atoms with Crippen molar-refractivity contribution in [2.75, 3.05) is 0 Å². The van der Waals surface area contributed by atoms with Gasteiger partial charge in [0, 0.05) is 11.9 Å². The summed E-state index contributed by atoms with van der Waals surface area (Å²) in [6, 6.07) is 3.42. The van der Waals surface area contributed by atoms with Gasteiger partial charge in [0.2, 0.25) is 0 Å². The van der Waals surface area contributed by atoms with E-state index in [9.17, 15) is 4.79 Å². The second kappa shape index (κ2) is 5.11. The number of rotatable bonds is 4. The summed E-state index contributed by atoms with van der Waals surface area (Å²) >= 11 is 1.38. The highest BCUT2D eigenvalue weighted by Gasteiger charge is 2.15. The summed E-state index contributed by atoms with van der Waals surface area (Å²) < 4.78 is 5.21. The van der Waals surface area contributed by atoms with E-state index in [1.807, 2.05) is 13.0 Å². The average Bonchev–Trinajstić information content (AvgIpc) is 3.00. The molecule has 1 atom stereocenters. The second-order valence-corrected chi connectivity index (χ2v) is 4.48. The van der Waals surface area contributed by atoms with E-state index in [-0.39, 0.29) is 11.9 Å². The van der Waals surface area contributed by atoms with Gasteiger partial charge in [-0.2, -0.15) is 0 Å². The van der Waals surface area contributed by atoms with Gasteiger partial charge in [-0.1, -0.05) is 0 Å². The van der Waals surface area contributed by atoms with Crippen LogP contribution in [0.4, 0.5) is 0 Å². The van der Waals surface area contributed by atoms with Crippen molar-refractivity contribution in [1.29, 1.82) is 0 Å². The molecule has 0 fully saturated rings. The van der Waals surface area contributed by atoms with Crippen LogP contribution >= 0.6 is 11.3 Å². The molecule has 0 unspecified atom stereocenters. The average molecular weight is 251 g/mol. The van der Waals surface area contributed by atoms with E-state index >= 15 is 0 Å². The summed E-state index contributed by atoms with van der Waals surface area (Å²) in [6.45, 7) is 2.21. The molecule has 3 N–H and O–H groups in total. The Balaban J connectivity index is 2.01. The molecule has 0 aliphatic carbocycles. The smallest absolute Gasteiger partial charge is 0.271 e. The number of carbonyl (C=O) groups is 1. The van der Waals surface area contributed by atoms with Gasteiger partial charge in [0.05, 0.1) is 12.3 Å². The number of hydrogen-bond acceptors (Lipinski definition) is 5. The first-order valence-electron chi connectivity index (χ1n) is 5.19. The third kappa shape index (κ3) is 2.72. The van der Waals surface area contributed by atoms with Gasteiger partial charge in [-0.15, -0.1) is 11.3 Å². The maximum atomic E-state index is 11.8. The van der Waals surface area contributed by atoms with E-state index in [1.54, 1.807) is 17.7 Å². The Morgan fingerprint density at radius 2 is 2.53 bits per heavy atom. The fourth-order valence-corrected chi connectivity index (χ4v) is 2.04. The summed E-state index contributed by atoms with van der Waals surface area (Å²) in [5, 5.41) is 5.26. The number of carbonyl (C=O) groups excluding carboxylic acids is 1. The standard InChI is InChI=1S/C11H13N3O2S/c1-7(9-3-2-4-16-9)13-11(15)8-6-17-10(5-12)14-8/h2-4,6-7H,5,12H2,1H3,(H,13,15)/t7-/m1/s1. The fraction of sp³-hybridized carbons (Fsp3) is 0.273. The van der Waals surface area contributed by atoms with Gasteiger partial charge in [-0.05, 0) is 19.1 Å². The van der Waals surface area contributed by atoms with E-state index in [0.29, 0.717) is 18.0 Å². The summed E-state index contributed by atoms with van der Waals surface area (Å²) in [4.78, 5) is 15.9. The van der Waals surface area contributed by atoms with Crippen LogP contribution in [-0.2, 0) is 6.54 Å². The van der Waals surface area contributed by atoms with Crippen LogP contribution in [0.25, 0.3) is 0 Å². The summed E-state index contributed by atoms with van der Waals surface area (Å²) in [5.41, 5.74) is 5.84. The number of nitrogens with zero attached hydrogens (tertiary/aromatic N) is 1. The van der Waals surface area contributed by atoms with Crippen molar-refractivity contribution in [3.63, 3.8) is 0 Å². The monoisotopic (exact) mass is 251 g/mol. The highest BCUT2D eigenvalue weighted by Crippen LogP contribution is 2.14. The van der Waals surface area contributed by atoms with Crippen LogP contribution in [0.15, 0.2) is 28.2 Å². The number of thiazole rings is 1. The Bertz CT molecular complexity index is 493. The molecule has 5 nitrogen and oxygen atoms in total. The zero-order valence-corrected chi connectivity index (χ0v) is 10.2. The van der Waals surface area contributed by atoms with Crippen molar-refractivity contribution in [3.8, 4) is 0 Å². The lowest BCUT2D eigenvalue weighted by Gasteiger charge is -2.09. The molecule has 6 heteroatoms. The van der Waals surface area contributed by atoms with Crippen molar-refractivity contribution in [2.24, 2.45) is 5.73 Å². The van der Waals surface area contributed by atoms with Crippen molar-refractivity contribution < 1.29 is 9.21 Å². The third-order valence-electron chi connectivity index (χ3n) is 2.28. The first kappa shape index (κ1) is 11.8. The van der Waals surface area contributed by atoms with Crippen LogP contribution in [-0.4, -0.2) is 10.9 Å². The number of amides is 1. The molecular formula is C11H13N3O2S. The zero-order valence-electron chi connectivity index (χ0n) is 9.34. The lowest BCUT2D eigenvalue weighted by Crippen LogP contribution is -2.26. The number of nitrogens with one attached hydrogen (secondary N) is 1. The molecular weight excluding hydrogens is 238 g/mol. The van der Waals surface area contributed by atoms with Gasteiger partial charge in [0.15, 0.2) is 0 Å². The molecule has 2 heterocycles. The zero-order chi connectivity index (χ0) is 12.3. The lowest BCUT2D eigenvalue weighted by molar-refractivity contribution is 0.0931. The molecule has 2 aromatic rings. The molecule has 17 heavy (non-hydrogen) atoms. The Hall–Kier alpha value is -1.66. The quantitative estimate of drug-likeness (QED) is 0.866. The molecule has 0 saturated heterocycles. The molecule has 0 aromatic carbocycles. The van der Waals surface area contributed by atoms with Gasteiger partial charge in [0.25, 0.3) is 5.91 Å². The minimum absolute atomic E-state index is 0.180. The van der Waals surface area contributed by atoms with Crippen LogP contribution in [0, 0.1) is 0 Å². The molecule has 0 radical (unpaired) electrons. The van der Waals surface area contributed by atoms with Crippen LogP contribution in [0.3, 0.4) is 0 Å². The Labute approximate surface area is 103 Å². The molecule has 0 aliphatic rings. The van der Waals surface area contributed by atoms with Crippen LogP contribution in [0.5, 0.6) is 0 Å². The predicted molar refractivity (Wildman–Crippen MR) is 64.6 cm³/mol. The van der Waals surface area contributed by atoms with Crippen LogP contribution < -0.4 is 11.1 Å². The molecule has 1 amide bonds. The topological polar surface area (TPSA) is 81.2 Å². The molecule has 90 valence electrons. The number of aromatic nitrogens is 1. The van der Waals surface area contributed by atoms with Crippen molar-refractivity contribution in [2.45, 2.75) is 19.5 Å². The number of hydrogen-bond donors (Lipinski definition) is 2. The first-order valence-corrected chi connectivity index (χ1v) is 6.07. The maximum absolute atomic E-state index is 11.8. The summed E-state index contributed by atoms with van der Waals surface area (Å²) in [6.07, 6.45) is 1.58. The van der Waals surface area contributed by atoms with Crippen molar-refractivity contribution in [3.05, 3.63) is 40.2 Å². The number of furan rings is 1. The molecule has 2 rings (SSSR count). The minimum Gasteiger partial charge on any atom is -0.467 e. The largest absolute Gasteiger partial charge is 0.467 e. The minimum atomic E-state index is -0.218. The fourth-order valence-electron chi connectivity index (χ4n) is 1.39. The Morgan fingerprint density at radius 1 is 1.71 bits per heavy atom. The first-order chi connectivity index (χ1) is 8.20. The predicted octanol–water partition coefficient (Wildman–Crippen LogP) is 1.69. The SMILES string of the molecule is C[C@@H](NC(=O)c1csc(CN)n1)c1ccco1. The lowest BCUT2D eigenvalue weighted by atomic mass is 10.2. The molecule has 0 bridgehead atoms. The summed E-state index contributed by atoms with van der Waals surface area (Å²) in [7, 11) is 0. The maximum Gasteiger partial charge on any atom is 0.271 e. The van der Waals surface area contributed by atoms with E-state index in [0.717, 1.165) is 5.01 Å². The normalized spacial score (nSPS) is 12.4. The van der Waals surface area contributed by atoms with Crippen LogP contribution in [0.2, 0.25) is 0 Å². The van der Waals surface area contributed by atoms with Gasteiger partial charge in [0.1, 0.15) is 16.5 Å². The van der Waals surface area contributed by atoms with Crippen molar-refractivity contribution in [1.82, 2.24) is 10.3 Å². The molecule has 0 saturated carbocycles. The highest BCUT2D eigenvalue weighted by atomic mass is 32.1. The van der Waals surface area contributed by atoms with E-state index in [2.05, 4.69) is 10.3 Å². The van der Waals surface area contributed by atoms with Gasteiger partial charge in [-0.25, -0.2) is 4.98 Å². The molecule has 0 spiro atoms. The molecule has 2 aromatic heterocycles. The van der Waals surface area contributed by atoms with Gasteiger partial charge >= 0.3 is 0 Å². The summed E-state index contributed by atoms with van der Waals surface area (Å²) in [5.74, 6) is 0.498. The van der Waals surface area contributed by atoms with E-state index in [1.165, 1.54) is 11.3 Å². The van der Waals surface area contributed by atoms with Gasteiger partial charge in [-0.3, -0.25) is 4.79 Å². The highest BCUT2D eigenvalue weighted by molar-refractivity contribution is 7.09. The third-order valence-corrected chi connectivity index (χ3v) is 3.15. The Kier molecular flexibility index (Phi) is 3.55. The van der Waals surface area contributed by atoms with Gasteiger partial charge < -0.3 is 15.5 Å². The van der Waals surface area contributed by atoms with Crippen molar-refractivity contribution >= 4 is 17.2 Å². The van der Waals surface area contributed by atoms with Crippen LogP contribution in [0.1, 0.15) is 34.2 Å². The Morgan fingerprint density at radius 3 is 3.12 bits per heavy atom. The van der Waals surface area contributed by atoms with E-state index < -0.39 is 0 Å².